The number of aliphatic carboxylic acids is 1. The van der Waals surface area contributed by atoms with E-state index in [1.807, 2.05) is 0 Å². The van der Waals surface area contributed by atoms with Gasteiger partial charge in [0.25, 0.3) is 5.91 Å². The third kappa shape index (κ3) is 3.50. The van der Waals surface area contributed by atoms with Gasteiger partial charge in [0.2, 0.25) is 0 Å². The molecule has 0 radical (unpaired) electrons. The first-order chi connectivity index (χ1) is 9.60. The topological polar surface area (TPSA) is 66.8 Å². The average Bonchev–Trinajstić information content (AvgIpc) is 2.93. The molecule has 0 saturated carbocycles. The van der Waals surface area contributed by atoms with E-state index in [1.54, 1.807) is 36.3 Å². The van der Waals surface area contributed by atoms with Crippen molar-refractivity contribution in [2.75, 3.05) is 20.2 Å². The van der Waals surface area contributed by atoms with Crippen molar-refractivity contribution < 1.29 is 19.4 Å². The van der Waals surface area contributed by atoms with Crippen molar-refractivity contribution in [3.05, 3.63) is 29.8 Å². The zero-order valence-electron chi connectivity index (χ0n) is 11.5. The number of benzene rings is 1. The summed E-state index contributed by atoms with van der Waals surface area (Å²) >= 11 is 0. The van der Waals surface area contributed by atoms with Gasteiger partial charge < -0.3 is 14.7 Å². The molecule has 1 saturated heterocycles. The second-order valence-electron chi connectivity index (χ2n) is 5.07. The summed E-state index contributed by atoms with van der Waals surface area (Å²) in [5.74, 6) is 0.256. The molecule has 2 rings (SSSR count). The van der Waals surface area contributed by atoms with E-state index >= 15 is 0 Å². The van der Waals surface area contributed by atoms with Crippen LogP contribution in [0, 0.1) is 5.92 Å². The third-order valence-electron chi connectivity index (χ3n) is 3.68. The van der Waals surface area contributed by atoms with Gasteiger partial charge in [0.15, 0.2) is 0 Å². The molecule has 0 aliphatic carbocycles. The van der Waals surface area contributed by atoms with E-state index in [0.29, 0.717) is 31.0 Å². The number of carboxylic acids is 1. The first kappa shape index (κ1) is 14.4. The fourth-order valence-corrected chi connectivity index (χ4v) is 2.50. The van der Waals surface area contributed by atoms with Crippen molar-refractivity contribution in [2.45, 2.75) is 19.3 Å². The number of carbonyl (C=O) groups excluding carboxylic acids is 1. The molecule has 1 N–H and O–H groups in total. The lowest BCUT2D eigenvalue weighted by Crippen LogP contribution is -2.28. The van der Waals surface area contributed by atoms with Crippen LogP contribution in [-0.4, -0.2) is 42.1 Å². The van der Waals surface area contributed by atoms with Gasteiger partial charge in [0, 0.05) is 25.1 Å². The molecule has 0 aromatic heterocycles. The number of methoxy groups -OCH3 is 1. The molecule has 1 aromatic rings. The summed E-state index contributed by atoms with van der Waals surface area (Å²) in [7, 11) is 1.59. The van der Waals surface area contributed by atoms with E-state index in [9.17, 15) is 9.59 Å². The van der Waals surface area contributed by atoms with Crippen LogP contribution in [0.4, 0.5) is 0 Å². The highest BCUT2D eigenvalue weighted by atomic mass is 16.5. The molecule has 5 nitrogen and oxygen atoms in total. The van der Waals surface area contributed by atoms with Crippen LogP contribution in [0.15, 0.2) is 24.3 Å². The molecule has 108 valence electrons. The zero-order valence-corrected chi connectivity index (χ0v) is 11.5. The molecule has 1 aliphatic rings. The second-order valence-corrected chi connectivity index (χ2v) is 5.07. The van der Waals surface area contributed by atoms with Gasteiger partial charge >= 0.3 is 5.97 Å². The summed E-state index contributed by atoms with van der Waals surface area (Å²) in [5, 5.41) is 8.68. The van der Waals surface area contributed by atoms with Crippen molar-refractivity contribution >= 4 is 11.9 Å². The van der Waals surface area contributed by atoms with Crippen LogP contribution in [-0.2, 0) is 4.79 Å². The molecule has 0 spiro atoms. The Morgan fingerprint density at radius 3 is 2.65 bits per heavy atom. The second kappa shape index (κ2) is 6.41. The summed E-state index contributed by atoms with van der Waals surface area (Å²) in [6, 6.07) is 7.05. The fraction of sp³-hybridized carbons (Fsp3) is 0.467. The normalized spacial score (nSPS) is 18.1. The maximum absolute atomic E-state index is 12.3. The highest BCUT2D eigenvalue weighted by Gasteiger charge is 2.27. The summed E-state index contributed by atoms with van der Waals surface area (Å²) in [6.45, 7) is 1.35. The van der Waals surface area contributed by atoms with E-state index in [2.05, 4.69) is 0 Å². The maximum Gasteiger partial charge on any atom is 0.303 e. The van der Waals surface area contributed by atoms with E-state index in [4.69, 9.17) is 9.84 Å². The maximum atomic E-state index is 12.3. The van der Waals surface area contributed by atoms with Crippen LogP contribution in [0.5, 0.6) is 5.75 Å². The Bertz CT molecular complexity index is 483. The first-order valence-corrected chi connectivity index (χ1v) is 6.75. The smallest absolute Gasteiger partial charge is 0.303 e. The molecule has 1 unspecified atom stereocenters. The molecule has 20 heavy (non-hydrogen) atoms. The van der Waals surface area contributed by atoms with Crippen molar-refractivity contribution in [3.8, 4) is 5.75 Å². The van der Waals surface area contributed by atoms with Crippen LogP contribution in [0.25, 0.3) is 0 Å². The highest BCUT2D eigenvalue weighted by Crippen LogP contribution is 2.23. The Morgan fingerprint density at radius 2 is 2.05 bits per heavy atom. The van der Waals surface area contributed by atoms with Crippen LogP contribution < -0.4 is 4.74 Å². The van der Waals surface area contributed by atoms with Crippen molar-refractivity contribution in [3.63, 3.8) is 0 Å². The Kier molecular flexibility index (Phi) is 4.61. The van der Waals surface area contributed by atoms with E-state index in [1.165, 1.54) is 0 Å². The number of amides is 1. The number of hydrogen-bond donors (Lipinski definition) is 1. The summed E-state index contributed by atoms with van der Waals surface area (Å²) in [6.07, 6.45) is 1.70. The third-order valence-corrected chi connectivity index (χ3v) is 3.68. The van der Waals surface area contributed by atoms with Crippen LogP contribution >= 0.6 is 0 Å². The van der Waals surface area contributed by atoms with Crippen molar-refractivity contribution in [2.24, 2.45) is 5.92 Å². The average molecular weight is 277 g/mol. The molecule has 1 heterocycles. The largest absolute Gasteiger partial charge is 0.497 e. The molecule has 1 aliphatic heterocycles. The van der Waals surface area contributed by atoms with Crippen LogP contribution in [0.1, 0.15) is 29.6 Å². The Hall–Kier alpha value is -2.04. The highest BCUT2D eigenvalue weighted by molar-refractivity contribution is 5.94. The Balaban J connectivity index is 1.91. The van der Waals surface area contributed by atoms with Gasteiger partial charge in [0.05, 0.1) is 7.11 Å². The molecular formula is C15H19NO4. The number of carboxylic acid groups (broad SMARTS) is 1. The monoisotopic (exact) mass is 277 g/mol. The number of rotatable bonds is 5. The number of ether oxygens (including phenoxy) is 1. The number of carbonyl (C=O) groups is 2. The molecular weight excluding hydrogens is 258 g/mol. The minimum absolute atomic E-state index is 0.00507. The van der Waals surface area contributed by atoms with E-state index < -0.39 is 5.97 Å². The summed E-state index contributed by atoms with van der Waals surface area (Å²) in [5.41, 5.74) is 0.643. The fourth-order valence-electron chi connectivity index (χ4n) is 2.50. The van der Waals surface area contributed by atoms with Gasteiger partial charge in [-0.05, 0) is 43.0 Å². The minimum Gasteiger partial charge on any atom is -0.497 e. The molecule has 0 bridgehead atoms. The van der Waals surface area contributed by atoms with Gasteiger partial charge in [0.1, 0.15) is 5.75 Å². The number of hydrogen-bond acceptors (Lipinski definition) is 3. The SMILES string of the molecule is COc1ccc(C(=O)N2CCC(CCC(=O)O)C2)cc1. The Labute approximate surface area is 118 Å². The van der Waals surface area contributed by atoms with Gasteiger partial charge in [-0.25, -0.2) is 0 Å². The molecule has 1 aromatic carbocycles. The predicted octanol–water partition coefficient (Wildman–Crippen LogP) is 2.02. The standard InChI is InChI=1S/C15H19NO4/c1-20-13-5-3-12(4-6-13)15(19)16-9-8-11(10-16)2-7-14(17)18/h3-6,11H,2,7-10H2,1H3,(H,17,18). The molecule has 1 amide bonds. The van der Waals surface area contributed by atoms with Crippen LogP contribution in [0.2, 0.25) is 0 Å². The van der Waals surface area contributed by atoms with Crippen molar-refractivity contribution in [1.82, 2.24) is 4.90 Å². The lowest BCUT2D eigenvalue weighted by molar-refractivity contribution is -0.137. The van der Waals surface area contributed by atoms with E-state index in [0.717, 1.165) is 12.2 Å². The number of likely N-dealkylation sites (tertiary alicyclic amines) is 1. The van der Waals surface area contributed by atoms with Crippen LogP contribution in [0.3, 0.4) is 0 Å². The van der Waals surface area contributed by atoms with Gasteiger partial charge in [-0.2, -0.15) is 0 Å². The van der Waals surface area contributed by atoms with Crippen molar-refractivity contribution in [1.29, 1.82) is 0 Å². The van der Waals surface area contributed by atoms with Gasteiger partial charge in [-0.15, -0.1) is 0 Å². The predicted molar refractivity (Wildman–Crippen MR) is 73.9 cm³/mol. The molecule has 1 atom stereocenters. The van der Waals surface area contributed by atoms with E-state index in [-0.39, 0.29) is 12.3 Å². The quantitative estimate of drug-likeness (QED) is 0.894. The summed E-state index contributed by atoms with van der Waals surface area (Å²) < 4.78 is 5.07. The van der Waals surface area contributed by atoms with Gasteiger partial charge in [-0.1, -0.05) is 0 Å². The number of nitrogens with zero attached hydrogens (tertiary/aromatic N) is 1. The lowest BCUT2D eigenvalue weighted by Gasteiger charge is -2.16. The van der Waals surface area contributed by atoms with Gasteiger partial charge in [-0.3, -0.25) is 9.59 Å². The Morgan fingerprint density at radius 1 is 1.35 bits per heavy atom. The zero-order chi connectivity index (χ0) is 14.5. The lowest BCUT2D eigenvalue weighted by atomic mass is 10.0. The molecule has 5 heteroatoms. The molecule has 1 fully saturated rings. The first-order valence-electron chi connectivity index (χ1n) is 6.75. The summed E-state index contributed by atoms with van der Waals surface area (Å²) in [4.78, 5) is 24.7. The minimum atomic E-state index is -0.773.